The Balaban J connectivity index is 1.78. The number of carbonyl (C=O) groups is 1. The van der Waals surface area contributed by atoms with E-state index in [1.807, 2.05) is 54.6 Å². The van der Waals surface area contributed by atoms with Crippen LogP contribution in [0.15, 0.2) is 67.1 Å². The van der Waals surface area contributed by atoms with Crippen LogP contribution < -0.4 is 5.32 Å². The first-order valence-corrected chi connectivity index (χ1v) is 7.37. The minimum absolute atomic E-state index is 0.113. The van der Waals surface area contributed by atoms with E-state index in [0.717, 1.165) is 11.3 Å². The zero-order valence-corrected chi connectivity index (χ0v) is 12.5. The highest BCUT2D eigenvalue weighted by molar-refractivity contribution is 6.03. The number of aliphatic hydroxyl groups excluding tert-OH is 1. The van der Waals surface area contributed by atoms with E-state index in [9.17, 15) is 4.79 Å². The van der Waals surface area contributed by atoms with Crippen LogP contribution in [0.2, 0.25) is 0 Å². The SMILES string of the molecule is O=C(Nc1ccc(CCO)cc1)c1cncn1-c1ccccc1. The second-order valence-corrected chi connectivity index (χ2v) is 5.11. The molecule has 5 heteroatoms. The second kappa shape index (κ2) is 6.89. The number of hydrogen-bond acceptors (Lipinski definition) is 3. The summed E-state index contributed by atoms with van der Waals surface area (Å²) in [6.07, 6.45) is 3.77. The number of aromatic nitrogens is 2. The number of nitrogens with zero attached hydrogens (tertiary/aromatic N) is 2. The van der Waals surface area contributed by atoms with Gasteiger partial charge in [0.1, 0.15) is 5.69 Å². The molecule has 5 nitrogen and oxygen atoms in total. The zero-order chi connectivity index (χ0) is 16.1. The maximum absolute atomic E-state index is 12.5. The molecular weight excluding hydrogens is 290 g/mol. The third-order valence-corrected chi connectivity index (χ3v) is 3.52. The van der Waals surface area contributed by atoms with Crippen molar-refractivity contribution in [2.75, 3.05) is 11.9 Å². The lowest BCUT2D eigenvalue weighted by molar-refractivity contribution is 0.102. The van der Waals surface area contributed by atoms with Gasteiger partial charge in [0.2, 0.25) is 0 Å². The normalized spacial score (nSPS) is 10.5. The molecule has 0 aliphatic heterocycles. The van der Waals surface area contributed by atoms with Crippen molar-refractivity contribution in [3.8, 4) is 5.69 Å². The van der Waals surface area contributed by atoms with E-state index in [1.165, 1.54) is 0 Å². The number of aliphatic hydroxyl groups is 1. The van der Waals surface area contributed by atoms with Gasteiger partial charge in [0.25, 0.3) is 5.91 Å². The fraction of sp³-hybridized carbons (Fsp3) is 0.111. The maximum atomic E-state index is 12.5. The summed E-state index contributed by atoms with van der Waals surface area (Å²) in [4.78, 5) is 16.5. The number of para-hydroxylation sites is 1. The van der Waals surface area contributed by atoms with Crippen LogP contribution in [0.5, 0.6) is 0 Å². The van der Waals surface area contributed by atoms with Gasteiger partial charge in [-0.1, -0.05) is 30.3 Å². The molecule has 0 radical (unpaired) electrons. The first-order valence-electron chi connectivity index (χ1n) is 7.37. The molecule has 116 valence electrons. The molecule has 0 aliphatic carbocycles. The number of imidazole rings is 1. The van der Waals surface area contributed by atoms with E-state index in [0.29, 0.717) is 17.8 Å². The lowest BCUT2D eigenvalue weighted by atomic mass is 10.1. The van der Waals surface area contributed by atoms with Gasteiger partial charge in [0.05, 0.1) is 12.5 Å². The van der Waals surface area contributed by atoms with Crippen LogP contribution >= 0.6 is 0 Å². The Hall–Kier alpha value is -2.92. The van der Waals surface area contributed by atoms with Crippen LogP contribution in [-0.4, -0.2) is 27.2 Å². The van der Waals surface area contributed by atoms with E-state index in [1.54, 1.807) is 17.1 Å². The van der Waals surface area contributed by atoms with Gasteiger partial charge in [-0.2, -0.15) is 0 Å². The van der Waals surface area contributed by atoms with Gasteiger partial charge in [-0.05, 0) is 36.2 Å². The van der Waals surface area contributed by atoms with Gasteiger partial charge in [-0.25, -0.2) is 4.98 Å². The van der Waals surface area contributed by atoms with Gasteiger partial charge < -0.3 is 10.4 Å². The number of rotatable bonds is 5. The zero-order valence-electron chi connectivity index (χ0n) is 12.5. The van der Waals surface area contributed by atoms with Crippen LogP contribution in [0.4, 0.5) is 5.69 Å². The number of hydrogen-bond donors (Lipinski definition) is 2. The summed E-state index contributed by atoms with van der Waals surface area (Å²) >= 11 is 0. The van der Waals surface area contributed by atoms with Crippen molar-refractivity contribution >= 4 is 11.6 Å². The second-order valence-electron chi connectivity index (χ2n) is 5.11. The fourth-order valence-electron chi connectivity index (χ4n) is 2.34. The lowest BCUT2D eigenvalue weighted by Crippen LogP contribution is -2.16. The first kappa shape index (κ1) is 15.0. The molecule has 0 unspecified atom stereocenters. The topological polar surface area (TPSA) is 67.2 Å². The monoisotopic (exact) mass is 307 g/mol. The van der Waals surface area contributed by atoms with E-state index < -0.39 is 0 Å². The molecule has 0 bridgehead atoms. The highest BCUT2D eigenvalue weighted by atomic mass is 16.3. The number of carbonyl (C=O) groups excluding carboxylic acids is 1. The Morgan fingerprint density at radius 2 is 1.83 bits per heavy atom. The standard InChI is InChI=1S/C18H17N3O2/c22-11-10-14-6-8-15(9-7-14)20-18(23)17-12-19-13-21(17)16-4-2-1-3-5-16/h1-9,12-13,22H,10-11H2,(H,20,23). The third kappa shape index (κ3) is 3.46. The molecule has 0 saturated heterocycles. The number of nitrogens with one attached hydrogen (secondary N) is 1. The van der Waals surface area contributed by atoms with Crippen LogP contribution in [-0.2, 0) is 6.42 Å². The Labute approximate surface area is 134 Å². The molecule has 0 aliphatic rings. The smallest absolute Gasteiger partial charge is 0.274 e. The summed E-state index contributed by atoms with van der Waals surface area (Å²) in [6.45, 7) is 0.113. The average molecular weight is 307 g/mol. The van der Waals surface area contributed by atoms with Crippen LogP contribution in [0.1, 0.15) is 16.1 Å². The van der Waals surface area contributed by atoms with Crippen molar-refractivity contribution in [3.05, 3.63) is 78.4 Å². The van der Waals surface area contributed by atoms with Crippen molar-refractivity contribution < 1.29 is 9.90 Å². The van der Waals surface area contributed by atoms with Crippen LogP contribution in [0.3, 0.4) is 0 Å². The predicted molar refractivity (Wildman–Crippen MR) is 88.7 cm³/mol. The minimum atomic E-state index is -0.221. The maximum Gasteiger partial charge on any atom is 0.274 e. The largest absolute Gasteiger partial charge is 0.396 e. The van der Waals surface area contributed by atoms with Crippen LogP contribution in [0, 0.1) is 0 Å². The Kier molecular flexibility index (Phi) is 4.49. The van der Waals surface area contributed by atoms with E-state index >= 15 is 0 Å². The summed E-state index contributed by atoms with van der Waals surface area (Å²) in [5.41, 5.74) is 3.08. The molecule has 0 fully saturated rings. The highest BCUT2D eigenvalue weighted by Crippen LogP contribution is 2.14. The molecule has 2 aromatic carbocycles. The summed E-state index contributed by atoms with van der Waals surface area (Å²) in [6, 6.07) is 17.0. The van der Waals surface area contributed by atoms with Gasteiger partial charge in [-0.3, -0.25) is 9.36 Å². The lowest BCUT2D eigenvalue weighted by Gasteiger charge is -2.09. The molecule has 3 aromatic rings. The van der Waals surface area contributed by atoms with Gasteiger partial charge in [0.15, 0.2) is 0 Å². The Morgan fingerprint density at radius 1 is 1.09 bits per heavy atom. The Morgan fingerprint density at radius 3 is 2.52 bits per heavy atom. The number of amides is 1. The van der Waals surface area contributed by atoms with Crippen molar-refractivity contribution in [2.45, 2.75) is 6.42 Å². The summed E-state index contributed by atoms with van der Waals surface area (Å²) in [5.74, 6) is -0.221. The van der Waals surface area contributed by atoms with Crippen molar-refractivity contribution in [1.82, 2.24) is 9.55 Å². The molecule has 1 heterocycles. The molecule has 0 spiro atoms. The molecule has 0 atom stereocenters. The van der Waals surface area contributed by atoms with Crippen LogP contribution in [0.25, 0.3) is 5.69 Å². The van der Waals surface area contributed by atoms with Crippen molar-refractivity contribution in [1.29, 1.82) is 0 Å². The third-order valence-electron chi connectivity index (χ3n) is 3.52. The Bertz CT molecular complexity index is 780. The van der Waals surface area contributed by atoms with Gasteiger partial charge >= 0.3 is 0 Å². The molecule has 0 saturated carbocycles. The molecule has 2 N–H and O–H groups in total. The molecule has 1 aromatic heterocycles. The summed E-state index contributed by atoms with van der Waals surface area (Å²) in [5, 5.41) is 11.8. The molecule has 3 rings (SSSR count). The number of anilines is 1. The predicted octanol–water partition coefficient (Wildman–Crippen LogP) is 2.66. The highest BCUT2D eigenvalue weighted by Gasteiger charge is 2.13. The molecular formula is C18H17N3O2. The summed E-state index contributed by atoms with van der Waals surface area (Å²) in [7, 11) is 0. The average Bonchev–Trinajstić information content (AvgIpc) is 3.07. The van der Waals surface area contributed by atoms with E-state index in [2.05, 4.69) is 10.3 Å². The van der Waals surface area contributed by atoms with Gasteiger partial charge in [-0.15, -0.1) is 0 Å². The first-order chi connectivity index (χ1) is 11.3. The van der Waals surface area contributed by atoms with Crippen molar-refractivity contribution in [2.24, 2.45) is 0 Å². The summed E-state index contributed by atoms with van der Waals surface area (Å²) < 4.78 is 1.75. The van der Waals surface area contributed by atoms with E-state index in [-0.39, 0.29) is 12.5 Å². The quantitative estimate of drug-likeness (QED) is 0.761. The van der Waals surface area contributed by atoms with Crippen molar-refractivity contribution in [3.63, 3.8) is 0 Å². The number of benzene rings is 2. The van der Waals surface area contributed by atoms with E-state index in [4.69, 9.17) is 5.11 Å². The van der Waals surface area contributed by atoms with Gasteiger partial charge in [0, 0.05) is 18.0 Å². The minimum Gasteiger partial charge on any atom is -0.396 e. The molecule has 1 amide bonds. The fourth-order valence-corrected chi connectivity index (χ4v) is 2.34. The molecule has 23 heavy (non-hydrogen) atoms.